The molecule has 5 nitrogen and oxygen atoms in total. The minimum Gasteiger partial charge on any atom is -0.459 e. The molecular weight excluding hydrogens is 438 g/mol. The lowest BCUT2D eigenvalue weighted by atomic mass is 9.47. The number of esters is 2. The van der Waals surface area contributed by atoms with Gasteiger partial charge < -0.3 is 14.4 Å². The molecule has 0 bridgehead atoms. The minimum atomic E-state index is -0.762. The van der Waals surface area contributed by atoms with Crippen LogP contribution in [-0.2, 0) is 19.1 Å². The van der Waals surface area contributed by atoms with Crippen molar-refractivity contribution in [3.05, 3.63) is 11.6 Å². The summed E-state index contributed by atoms with van der Waals surface area (Å²) < 4.78 is 11.3. The quantitative estimate of drug-likeness (QED) is 0.346. The summed E-state index contributed by atoms with van der Waals surface area (Å²) in [6.07, 6.45) is 13.8. The summed E-state index contributed by atoms with van der Waals surface area (Å²) in [5.74, 6) is 2.60. The molecule has 3 saturated carbocycles. The fourth-order valence-electron chi connectivity index (χ4n) is 9.58. The van der Waals surface area contributed by atoms with E-state index in [9.17, 15) is 9.59 Å². The Morgan fingerprint density at radius 3 is 2.66 bits per heavy atom. The second-order valence-corrected chi connectivity index (χ2v) is 12.9. The first-order chi connectivity index (χ1) is 16.7. The van der Waals surface area contributed by atoms with Crippen LogP contribution in [0.5, 0.6) is 0 Å². The van der Waals surface area contributed by atoms with Crippen LogP contribution in [0.2, 0.25) is 0 Å². The molecule has 5 aliphatic rings. The maximum Gasteiger partial charge on any atom is 0.347 e. The first-order valence-corrected chi connectivity index (χ1v) is 14.5. The molecular formula is C30H47NO4. The number of rotatable bonds is 6. The number of hydrogen-bond acceptors (Lipinski definition) is 5. The molecule has 0 amide bonds. The largest absolute Gasteiger partial charge is 0.459 e. The minimum absolute atomic E-state index is 0.0896. The Hall–Kier alpha value is -1.36. The van der Waals surface area contributed by atoms with Crippen molar-refractivity contribution in [2.45, 2.75) is 117 Å². The van der Waals surface area contributed by atoms with E-state index in [4.69, 9.17) is 9.47 Å². The fraction of sp³-hybridized carbons (Fsp3) is 0.867. The maximum atomic E-state index is 12.9. The van der Waals surface area contributed by atoms with Gasteiger partial charge in [0.05, 0.1) is 0 Å². The number of carbonyl (C=O) groups excluding carboxylic acids is 2. The lowest BCUT2D eigenvalue weighted by Crippen LogP contribution is -2.52. The molecule has 1 heterocycles. The molecule has 35 heavy (non-hydrogen) atoms. The van der Waals surface area contributed by atoms with Crippen LogP contribution in [0.3, 0.4) is 0 Å². The number of allylic oxidation sites excluding steroid dienone is 1. The third-order valence-corrected chi connectivity index (χ3v) is 11.3. The van der Waals surface area contributed by atoms with E-state index in [0.717, 1.165) is 61.8 Å². The molecule has 9 atom stereocenters. The predicted molar refractivity (Wildman–Crippen MR) is 137 cm³/mol. The summed E-state index contributed by atoms with van der Waals surface area (Å²) in [5.41, 5.74) is 2.34. The van der Waals surface area contributed by atoms with E-state index in [0.29, 0.717) is 11.8 Å². The first-order valence-electron chi connectivity index (χ1n) is 14.5. The highest BCUT2D eigenvalue weighted by Crippen LogP contribution is 2.68. The summed E-state index contributed by atoms with van der Waals surface area (Å²) in [6.45, 7) is 9.73. The van der Waals surface area contributed by atoms with Crippen LogP contribution in [0.4, 0.5) is 0 Å². The van der Waals surface area contributed by atoms with Gasteiger partial charge in [-0.05, 0) is 106 Å². The van der Waals surface area contributed by atoms with E-state index in [1.54, 1.807) is 0 Å². The average molecular weight is 486 g/mol. The van der Waals surface area contributed by atoms with Crippen molar-refractivity contribution in [3.8, 4) is 0 Å². The summed E-state index contributed by atoms with van der Waals surface area (Å²) in [5, 5.41) is 0. The van der Waals surface area contributed by atoms with E-state index < -0.39 is 12.1 Å². The second kappa shape index (κ2) is 9.50. The Labute approximate surface area is 212 Å². The Morgan fingerprint density at radius 2 is 1.91 bits per heavy atom. The molecule has 0 radical (unpaired) electrons. The number of hydrogen-bond donors (Lipinski definition) is 0. The Morgan fingerprint density at radius 1 is 1.14 bits per heavy atom. The van der Waals surface area contributed by atoms with Crippen LogP contribution in [0, 0.1) is 34.5 Å². The van der Waals surface area contributed by atoms with E-state index in [1.807, 2.05) is 0 Å². The van der Waals surface area contributed by atoms with Crippen molar-refractivity contribution in [2.75, 3.05) is 13.6 Å². The van der Waals surface area contributed by atoms with Gasteiger partial charge in [-0.3, -0.25) is 4.79 Å². The normalized spacial score (nSPS) is 43.3. The highest BCUT2D eigenvalue weighted by atomic mass is 16.6. The number of likely N-dealkylation sites (tertiary alicyclic amines) is 1. The Bertz CT molecular complexity index is 868. The zero-order valence-electron chi connectivity index (χ0n) is 22.7. The maximum absolute atomic E-state index is 12.9. The molecule has 0 N–H and O–H groups in total. The van der Waals surface area contributed by atoms with Crippen LogP contribution in [0.15, 0.2) is 11.6 Å². The van der Waals surface area contributed by atoms with Crippen molar-refractivity contribution in [2.24, 2.45) is 34.5 Å². The van der Waals surface area contributed by atoms with Crippen LogP contribution >= 0.6 is 0 Å². The standard InChI is InChI=1S/C30H47NO4/c1-6-7-8-27(34-20(3)32)28(33)35-22-13-15-29(4)21(17-22)9-10-23-25(29)14-16-30-18-31(5)19(2)24(30)11-12-26(23)30/h9,19,22-27H,6-8,10-18H2,1-5H3/t19-,22-,23+,24+,25-,26-,27?,29-,30-/m0/s1. The molecule has 1 unspecified atom stereocenters. The van der Waals surface area contributed by atoms with Crippen LogP contribution in [-0.4, -0.2) is 48.7 Å². The van der Waals surface area contributed by atoms with Crippen LogP contribution in [0.25, 0.3) is 0 Å². The monoisotopic (exact) mass is 485 g/mol. The van der Waals surface area contributed by atoms with Gasteiger partial charge >= 0.3 is 11.9 Å². The van der Waals surface area contributed by atoms with Crippen molar-refractivity contribution in [1.82, 2.24) is 4.90 Å². The summed E-state index contributed by atoms with van der Waals surface area (Å²) in [6, 6.07) is 0.736. The number of fused-ring (bicyclic) bond motifs is 4. The highest BCUT2D eigenvalue weighted by Gasteiger charge is 2.64. The zero-order valence-corrected chi connectivity index (χ0v) is 22.7. The SMILES string of the molecule is CCCCC(OC(C)=O)C(=O)O[C@H]1CC[C@@]2(C)C(=CC[C@H]3[C@@H]4CC[C@@H]5[C@H](C)N(C)C[C@@]54CC[C@@H]32)C1. The van der Waals surface area contributed by atoms with E-state index in [1.165, 1.54) is 51.1 Å². The van der Waals surface area contributed by atoms with E-state index >= 15 is 0 Å². The summed E-state index contributed by atoms with van der Waals surface area (Å²) >= 11 is 0. The van der Waals surface area contributed by atoms with E-state index in [-0.39, 0.29) is 17.5 Å². The van der Waals surface area contributed by atoms with Gasteiger partial charge in [-0.2, -0.15) is 0 Å². The summed E-state index contributed by atoms with van der Waals surface area (Å²) in [4.78, 5) is 27.0. The van der Waals surface area contributed by atoms with Gasteiger partial charge in [0.25, 0.3) is 0 Å². The third-order valence-electron chi connectivity index (χ3n) is 11.3. The molecule has 0 aromatic heterocycles. The summed E-state index contributed by atoms with van der Waals surface area (Å²) in [7, 11) is 2.35. The van der Waals surface area contributed by atoms with Gasteiger partial charge in [0, 0.05) is 25.9 Å². The lowest BCUT2D eigenvalue weighted by Gasteiger charge is -2.58. The molecule has 4 aliphatic carbocycles. The zero-order chi connectivity index (χ0) is 25.0. The second-order valence-electron chi connectivity index (χ2n) is 12.9. The molecule has 0 aromatic rings. The average Bonchev–Trinajstić information content (AvgIpc) is 3.30. The predicted octanol–water partition coefficient (Wildman–Crippen LogP) is 5.91. The van der Waals surface area contributed by atoms with Gasteiger partial charge in [-0.25, -0.2) is 4.79 Å². The first kappa shape index (κ1) is 25.3. The topological polar surface area (TPSA) is 55.8 Å². The fourth-order valence-corrected chi connectivity index (χ4v) is 9.58. The van der Waals surface area contributed by atoms with Crippen LogP contribution < -0.4 is 0 Å². The lowest BCUT2D eigenvalue weighted by molar-refractivity contribution is -0.172. The Kier molecular flexibility index (Phi) is 6.87. The van der Waals surface area contributed by atoms with E-state index in [2.05, 4.69) is 38.8 Å². The number of nitrogens with zero attached hydrogens (tertiary/aromatic N) is 1. The van der Waals surface area contributed by atoms with Crippen molar-refractivity contribution < 1.29 is 19.1 Å². The molecule has 1 saturated heterocycles. The van der Waals surface area contributed by atoms with Gasteiger partial charge in [0.2, 0.25) is 0 Å². The number of ether oxygens (including phenoxy) is 2. The number of carbonyl (C=O) groups is 2. The molecule has 4 fully saturated rings. The van der Waals surface area contributed by atoms with Gasteiger partial charge in [-0.15, -0.1) is 0 Å². The molecule has 5 rings (SSSR count). The van der Waals surface area contributed by atoms with Crippen LogP contribution in [0.1, 0.15) is 98.3 Å². The van der Waals surface area contributed by atoms with Crippen molar-refractivity contribution >= 4 is 11.9 Å². The van der Waals surface area contributed by atoms with Gasteiger partial charge in [0.1, 0.15) is 6.10 Å². The smallest absolute Gasteiger partial charge is 0.347 e. The molecule has 1 aliphatic heterocycles. The van der Waals surface area contributed by atoms with Crippen molar-refractivity contribution in [1.29, 1.82) is 0 Å². The van der Waals surface area contributed by atoms with Crippen molar-refractivity contribution in [3.63, 3.8) is 0 Å². The number of unbranched alkanes of at least 4 members (excludes halogenated alkanes) is 1. The third kappa shape index (κ3) is 4.18. The highest BCUT2D eigenvalue weighted by molar-refractivity contribution is 5.78. The molecule has 0 aromatic carbocycles. The van der Waals surface area contributed by atoms with Gasteiger partial charge in [0.15, 0.2) is 6.10 Å². The Balaban J connectivity index is 1.27. The molecule has 1 spiro atoms. The molecule has 5 heteroatoms. The molecule has 196 valence electrons. The van der Waals surface area contributed by atoms with Gasteiger partial charge in [-0.1, -0.05) is 31.9 Å².